The summed E-state index contributed by atoms with van der Waals surface area (Å²) >= 11 is 0. The summed E-state index contributed by atoms with van der Waals surface area (Å²) in [6, 6.07) is 0. The minimum absolute atomic E-state index is 0.121. The number of carbonyl (C=O) groups is 1. The van der Waals surface area contributed by atoms with Crippen LogP contribution in [0.1, 0.15) is 84.0 Å². The number of carboxylic acids is 1. The summed E-state index contributed by atoms with van der Waals surface area (Å²) in [6.45, 7) is 2.86. The molecule has 0 aromatic heterocycles. The maximum atomic E-state index is 10.5. The van der Waals surface area contributed by atoms with Crippen LogP contribution >= 0.6 is 0 Å². The molecule has 0 aliphatic carbocycles. The quantitative estimate of drug-likeness (QED) is 0.338. The number of quaternary nitrogens is 1. The van der Waals surface area contributed by atoms with Crippen LogP contribution in [0.5, 0.6) is 0 Å². The molecule has 0 heterocycles. The third kappa shape index (κ3) is 15.6. The van der Waals surface area contributed by atoms with Gasteiger partial charge in [-0.2, -0.15) is 0 Å². The van der Waals surface area contributed by atoms with Gasteiger partial charge in [-0.15, -0.1) is 0 Å². The Bertz CT molecular complexity index is 298. The van der Waals surface area contributed by atoms with Gasteiger partial charge in [0.1, 0.15) is 0 Å². The summed E-state index contributed by atoms with van der Waals surface area (Å²) < 4.78 is 0.617. The Hall–Kier alpha value is -0.830. The molecule has 0 saturated heterocycles. The number of aliphatic carboxylic acids is 1. The van der Waals surface area contributed by atoms with Gasteiger partial charge in [-0.25, -0.2) is 0 Å². The van der Waals surface area contributed by atoms with Crippen LogP contribution in [-0.4, -0.2) is 31.1 Å². The second-order valence-corrected chi connectivity index (χ2v) is 6.98. The van der Waals surface area contributed by atoms with E-state index < -0.39 is 5.97 Å². The van der Waals surface area contributed by atoms with Crippen molar-refractivity contribution in [3.05, 3.63) is 12.3 Å². The number of carboxylic acid groups (broad SMARTS) is 1. The third-order valence-corrected chi connectivity index (χ3v) is 4.13. The topological polar surface area (TPSA) is 40.1 Å². The van der Waals surface area contributed by atoms with Crippen molar-refractivity contribution in [2.75, 3.05) is 20.6 Å². The van der Waals surface area contributed by atoms with Gasteiger partial charge in [0, 0.05) is 12.4 Å². The Labute approximate surface area is 138 Å². The molecule has 0 spiro atoms. The van der Waals surface area contributed by atoms with E-state index in [2.05, 4.69) is 19.2 Å². The van der Waals surface area contributed by atoms with E-state index in [0.29, 0.717) is 11.0 Å². The lowest BCUT2D eigenvalue weighted by Gasteiger charge is -2.25. The highest BCUT2D eigenvalue weighted by atomic mass is 16.4. The van der Waals surface area contributed by atoms with Crippen molar-refractivity contribution in [3.63, 3.8) is 0 Å². The summed E-state index contributed by atoms with van der Waals surface area (Å²) in [6.07, 6.45) is 19.2. The highest BCUT2D eigenvalue weighted by Gasteiger charge is 2.09. The van der Waals surface area contributed by atoms with Gasteiger partial charge in [-0.05, 0) is 18.9 Å². The van der Waals surface area contributed by atoms with Crippen molar-refractivity contribution < 1.29 is 14.4 Å². The predicted molar refractivity (Wildman–Crippen MR) is 92.2 cm³/mol. The molecule has 0 radical (unpaired) electrons. The minimum atomic E-state index is -0.964. The monoisotopic (exact) mass is 311 g/mol. The number of hydrogen-bond acceptors (Lipinski definition) is 2. The van der Waals surface area contributed by atoms with E-state index in [9.17, 15) is 9.90 Å². The number of nitrogens with zero attached hydrogens (tertiary/aromatic N) is 1. The van der Waals surface area contributed by atoms with Gasteiger partial charge in [-0.1, -0.05) is 64.7 Å². The predicted octanol–water partition coefficient (Wildman–Crippen LogP) is 4.03. The Balaban J connectivity index is 3.41. The molecule has 3 nitrogen and oxygen atoms in total. The van der Waals surface area contributed by atoms with E-state index in [4.69, 9.17) is 0 Å². The molecule has 0 aliphatic rings. The number of hydrogen-bond donors (Lipinski definition) is 0. The molecular formula is C19H37NO2. The molecule has 0 fully saturated rings. The van der Waals surface area contributed by atoms with E-state index in [1.807, 2.05) is 14.1 Å². The largest absolute Gasteiger partial charge is 0.550 e. The fourth-order valence-corrected chi connectivity index (χ4v) is 2.56. The van der Waals surface area contributed by atoms with Gasteiger partial charge in [-0.3, -0.25) is 0 Å². The fraction of sp³-hybridized carbons (Fsp3) is 0.842. The summed E-state index contributed by atoms with van der Waals surface area (Å²) in [5.41, 5.74) is 0. The van der Waals surface area contributed by atoms with Gasteiger partial charge in [0.2, 0.25) is 0 Å². The number of allylic oxidation sites excluding steroid dienone is 1. The maximum absolute atomic E-state index is 10.5. The maximum Gasteiger partial charge on any atom is 0.0913 e. The Kier molecular flexibility index (Phi) is 13.3. The molecule has 0 aliphatic heterocycles. The number of rotatable bonds is 15. The first kappa shape index (κ1) is 21.2. The first-order valence-electron chi connectivity index (χ1n) is 9.18. The molecule has 0 amide bonds. The Morgan fingerprint density at radius 1 is 0.909 bits per heavy atom. The van der Waals surface area contributed by atoms with E-state index in [1.165, 1.54) is 64.2 Å². The molecule has 0 saturated carbocycles. The lowest BCUT2D eigenvalue weighted by atomic mass is 10.1. The summed E-state index contributed by atoms with van der Waals surface area (Å²) in [5, 5.41) is 10.5. The number of unbranched alkanes of at least 4 members (excludes halogenated alkanes) is 10. The van der Waals surface area contributed by atoms with Crippen molar-refractivity contribution in [1.82, 2.24) is 0 Å². The molecule has 0 aromatic carbocycles. The fourth-order valence-electron chi connectivity index (χ4n) is 2.56. The first-order chi connectivity index (χ1) is 10.5. The molecular weight excluding hydrogens is 274 g/mol. The van der Waals surface area contributed by atoms with Crippen molar-refractivity contribution in [2.45, 2.75) is 84.0 Å². The molecule has 3 heteroatoms. The second-order valence-electron chi connectivity index (χ2n) is 6.98. The number of carbonyl (C=O) groups excluding carboxylic acids is 1. The lowest BCUT2D eigenvalue weighted by molar-refractivity contribution is -0.838. The smallest absolute Gasteiger partial charge is 0.0913 e. The van der Waals surface area contributed by atoms with E-state index in [1.54, 1.807) is 0 Å². The van der Waals surface area contributed by atoms with Crippen LogP contribution in [0.2, 0.25) is 0 Å². The lowest BCUT2D eigenvalue weighted by Crippen LogP contribution is -2.37. The van der Waals surface area contributed by atoms with Gasteiger partial charge < -0.3 is 14.4 Å². The first-order valence-corrected chi connectivity index (χ1v) is 9.18. The molecule has 0 aromatic rings. The van der Waals surface area contributed by atoms with Crippen molar-refractivity contribution >= 4 is 5.97 Å². The van der Waals surface area contributed by atoms with Gasteiger partial charge in [0.05, 0.1) is 26.8 Å². The van der Waals surface area contributed by atoms with E-state index in [0.717, 1.165) is 6.42 Å². The minimum Gasteiger partial charge on any atom is -0.550 e. The molecule has 0 atom stereocenters. The van der Waals surface area contributed by atoms with Crippen LogP contribution in [0.15, 0.2) is 12.3 Å². The Morgan fingerprint density at radius 2 is 1.41 bits per heavy atom. The summed E-state index contributed by atoms with van der Waals surface area (Å²) in [5.74, 6) is -0.964. The van der Waals surface area contributed by atoms with Crippen LogP contribution in [-0.2, 0) is 4.79 Å². The molecule has 130 valence electrons. The Morgan fingerprint density at radius 3 is 1.91 bits per heavy atom. The van der Waals surface area contributed by atoms with Gasteiger partial charge in [0.15, 0.2) is 0 Å². The summed E-state index contributed by atoms with van der Waals surface area (Å²) in [4.78, 5) is 10.5. The average Bonchev–Trinajstić information content (AvgIpc) is 2.46. The molecule has 0 bridgehead atoms. The highest BCUT2D eigenvalue weighted by Crippen LogP contribution is 2.11. The van der Waals surface area contributed by atoms with Crippen LogP contribution in [0.4, 0.5) is 0 Å². The van der Waals surface area contributed by atoms with Gasteiger partial charge in [0.25, 0.3) is 0 Å². The molecule has 0 unspecified atom stereocenters. The SMILES string of the molecule is CCCCCCCCCCCCC=C[N+](C)(C)CCC(=O)[O-]. The zero-order valence-electron chi connectivity index (χ0n) is 15.1. The van der Waals surface area contributed by atoms with Crippen LogP contribution in [0.25, 0.3) is 0 Å². The van der Waals surface area contributed by atoms with E-state index >= 15 is 0 Å². The molecule has 0 N–H and O–H groups in total. The van der Waals surface area contributed by atoms with Crippen LogP contribution < -0.4 is 5.11 Å². The zero-order chi connectivity index (χ0) is 16.7. The van der Waals surface area contributed by atoms with Crippen molar-refractivity contribution in [2.24, 2.45) is 0 Å². The third-order valence-electron chi connectivity index (χ3n) is 4.13. The van der Waals surface area contributed by atoms with Gasteiger partial charge >= 0.3 is 0 Å². The van der Waals surface area contributed by atoms with Crippen LogP contribution in [0, 0.1) is 0 Å². The van der Waals surface area contributed by atoms with E-state index in [-0.39, 0.29) is 6.42 Å². The standard InChI is InChI=1S/C19H37NO2/c1-4-5-6-7-8-9-10-11-12-13-14-15-17-20(2,3)18-16-19(21)22/h15,17H,4-14,16,18H2,1-3H3. The normalized spacial score (nSPS) is 12.1. The highest BCUT2D eigenvalue weighted by molar-refractivity contribution is 5.64. The van der Waals surface area contributed by atoms with Crippen molar-refractivity contribution in [3.8, 4) is 0 Å². The zero-order valence-corrected chi connectivity index (χ0v) is 15.1. The average molecular weight is 312 g/mol. The second kappa shape index (κ2) is 13.8. The molecule has 22 heavy (non-hydrogen) atoms. The van der Waals surface area contributed by atoms with Crippen LogP contribution in [0.3, 0.4) is 0 Å². The van der Waals surface area contributed by atoms with Crippen molar-refractivity contribution in [1.29, 1.82) is 0 Å². The summed E-state index contributed by atoms with van der Waals surface area (Å²) in [7, 11) is 4.05. The molecule has 0 rings (SSSR count).